The van der Waals surface area contributed by atoms with Crippen LogP contribution in [-0.2, 0) is 9.59 Å². The lowest BCUT2D eigenvalue weighted by Gasteiger charge is -2.37. The number of nitrogens with zero attached hydrogens (tertiary/aromatic N) is 1. The first-order valence-electron chi connectivity index (χ1n) is 4.45. The Balaban J connectivity index is 2.62. The van der Waals surface area contributed by atoms with E-state index in [0.717, 1.165) is 0 Å². The summed E-state index contributed by atoms with van der Waals surface area (Å²) in [6, 6.07) is 0. The number of nitrogens with one attached hydrogen (secondary N) is 2. The van der Waals surface area contributed by atoms with Crippen LogP contribution in [0.4, 0.5) is 0 Å². The van der Waals surface area contributed by atoms with E-state index in [1.807, 2.05) is 0 Å². The van der Waals surface area contributed by atoms with E-state index in [1.54, 1.807) is 13.8 Å². The lowest BCUT2D eigenvalue weighted by Crippen LogP contribution is -2.62. The van der Waals surface area contributed by atoms with Gasteiger partial charge >= 0.3 is 0 Å². The molecule has 80 valence electrons. The van der Waals surface area contributed by atoms with Crippen molar-refractivity contribution >= 4 is 11.8 Å². The number of rotatable bonds is 2. The molecule has 0 atom stereocenters. The Morgan fingerprint density at radius 1 is 1.71 bits per heavy atom. The molecule has 0 aromatic carbocycles. The fraction of sp³-hybridized carbons (Fsp3) is 0.750. The molecule has 1 aliphatic rings. The minimum Gasteiger partial charge on any atom is -0.330 e. The average molecular weight is 201 g/mol. The number of hydrogen-bond acceptors (Lipinski definition) is 4. The molecule has 1 aliphatic heterocycles. The summed E-state index contributed by atoms with van der Waals surface area (Å²) in [6.45, 7) is 4.56. The maximum absolute atomic E-state index is 11.7. The van der Waals surface area contributed by atoms with Crippen LogP contribution in [0.2, 0.25) is 0 Å². The number of amides is 2. The highest BCUT2D eigenvalue weighted by Crippen LogP contribution is 2.11. The van der Waals surface area contributed by atoms with Crippen molar-refractivity contribution < 1.29 is 14.8 Å². The van der Waals surface area contributed by atoms with Gasteiger partial charge in [-0.15, -0.1) is 0 Å². The van der Waals surface area contributed by atoms with E-state index >= 15 is 0 Å². The lowest BCUT2D eigenvalue weighted by atomic mass is 10.0. The standard InChI is InChI=1S/C8H15N3O3/c1-8(2)7(13)11(4-3-9-8)5-6(12)10-14/h9,14H,3-5H2,1-2H3,(H,10,12). The third-order valence-corrected chi connectivity index (χ3v) is 2.23. The van der Waals surface area contributed by atoms with Crippen molar-refractivity contribution in [1.29, 1.82) is 0 Å². The van der Waals surface area contributed by atoms with Crippen molar-refractivity contribution in [3.8, 4) is 0 Å². The molecule has 1 rings (SSSR count). The molecule has 1 heterocycles. The Morgan fingerprint density at radius 3 is 2.93 bits per heavy atom. The number of piperazine rings is 1. The molecular formula is C8H15N3O3. The molecule has 0 aromatic heterocycles. The predicted molar refractivity (Wildman–Crippen MR) is 48.6 cm³/mol. The van der Waals surface area contributed by atoms with E-state index in [4.69, 9.17) is 5.21 Å². The third-order valence-electron chi connectivity index (χ3n) is 2.23. The van der Waals surface area contributed by atoms with Crippen molar-refractivity contribution in [2.45, 2.75) is 19.4 Å². The van der Waals surface area contributed by atoms with Gasteiger partial charge in [0.25, 0.3) is 5.91 Å². The van der Waals surface area contributed by atoms with Crippen LogP contribution in [0.15, 0.2) is 0 Å². The van der Waals surface area contributed by atoms with Crippen LogP contribution in [0, 0.1) is 0 Å². The fourth-order valence-electron chi connectivity index (χ4n) is 1.44. The van der Waals surface area contributed by atoms with Gasteiger partial charge in [0, 0.05) is 13.1 Å². The Kier molecular flexibility index (Phi) is 3.07. The number of carbonyl (C=O) groups excluding carboxylic acids is 2. The van der Waals surface area contributed by atoms with E-state index in [9.17, 15) is 9.59 Å². The fourth-order valence-corrected chi connectivity index (χ4v) is 1.44. The molecule has 0 unspecified atom stereocenters. The summed E-state index contributed by atoms with van der Waals surface area (Å²) in [5.41, 5.74) is 0.876. The van der Waals surface area contributed by atoms with Gasteiger partial charge in [-0.1, -0.05) is 0 Å². The molecule has 6 nitrogen and oxygen atoms in total. The van der Waals surface area contributed by atoms with Crippen LogP contribution < -0.4 is 10.8 Å². The van der Waals surface area contributed by atoms with Gasteiger partial charge in [0.2, 0.25) is 5.91 Å². The van der Waals surface area contributed by atoms with Crippen molar-refractivity contribution in [2.24, 2.45) is 0 Å². The average Bonchev–Trinajstić information content (AvgIpc) is 2.12. The van der Waals surface area contributed by atoms with Gasteiger partial charge < -0.3 is 10.2 Å². The van der Waals surface area contributed by atoms with Gasteiger partial charge in [0.15, 0.2) is 0 Å². The maximum atomic E-state index is 11.7. The maximum Gasteiger partial charge on any atom is 0.262 e. The van der Waals surface area contributed by atoms with Gasteiger partial charge in [0.05, 0.1) is 5.54 Å². The zero-order valence-corrected chi connectivity index (χ0v) is 8.33. The summed E-state index contributed by atoms with van der Waals surface area (Å²) in [6.07, 6.45) is 0. The second kappa shape index (κ2) is 3.93. The molecule has 0 spiro atoms. The first-order valence-corrected chi connectivity index (χ1v) is 4.45. The first kappa shape index (κ1) is 10.9. The number of hydrogen-bond donors (Lipinski definition) is 3. The lowest BCUT2D eigenvalue weighted by molar-refractivity contribution is -0.145. The monoisotopic (exact) mass is 201 g/mol. The quantitative estimate of drug-likeness (QED) is 0.383. The summed E-state index contributed by atoms with van der Waals surface area (Å²) < 4.78 is 0. The second-order valence-corrected chi connectivity index (χ2v) is 3.81. The first-order chi connectivity index (χ1) is 6.47. The molecule has 0 aliphatic carbocycles. The summed E-state index contributed by atoms with van der Waals surface area (Å²) >= 11 is 0. The summed E-state index contributed by atoms with van der Waals surface area (Å²) in [4.78, 5) is 24.0. The second-order valence-electron chi connectivity index (χ2n) is 3.81. The Morgan fingerprint density at radius 2 is 2.36 bits per heavy atom. The van der Waals surface area contributed by atoms with Crippen LogP contribution in [0.5, 0.6) is 0 Å². The predicted octanol–water partition coefficient (Wildman–Crippen LogP) is -1.30. The van der Waals surface area contributed by atoms with E-state index < -0.39 is 11.4 Å². The van der Waals surface area contributed by atoms with Crippen molar-refractivity contribution in [2.75, 3.05) is 19.6 Å². The Bertz CT molecular complexity index is 252. The smallest absolute Gasteiger partial charge is 0.262 e. The molecule has 14 heavy (non-hydrogen) atoms. The highest BCUT2D eigenvalue weighted by atomic mass is 16.5. The van der Waals surface area contributed by atoms with Gasteiger partial charge in [-0.25, -0.2) is 5.48 Å². The van der Waals surface area contributed by atoms with Crippen LogP contribution >= 0.6 is 0 Å². The Hall–Kier alpha value is -1.14. The molecule has 0 bridgehead atoms. The van der Waals surface area contributed by atoms with E-state index in [0.29, 0.717) is 13.1 Å². The molecule has 1 saturated heterocycles. The highest BCUT2D eigenvalue weighted by Gasteiger charge is 2.35. The van der Waals surface area contributed by atoms with Gasteiger partial charge in [-0.2, -0.15) is 0 Å². The molecule has 0 radical (unpaired) electrons. The van der Waals surface area contributed by atoms with Crippen LogP contribution in [0.1, 0.15) is 13.8 Å². The van der Waals surface area contributed by atoms with E-state index in [2.05, 4.69) is 5.32 Å². The van der Waals surface area contributed by atoms with Gasteiger partial charge in [0.1, 0.15) is 6.54 Å². The minimum absolute atomic E-state index is 0.0968. The zero-order valence-electron chi connectivity index (χ0n) is 8.33. The molecular weight excluding hydrogens is 186 g/mol. The topological polar surface area (TPSA) is 81.7 Å². The van der Waals surface area contributed by atoms with Crippen LogP contribution in [0.3, 0.4) is 0 Å². The third kappa shape index (κ3) is 2.21. The van der Waals surface area contributed by atoms with Crippen molar-refractivity contribution in [3.63, 3.8) is 0 Å². The zero-order chi connectivity index (χ0) is 10.8. The SMILES string of the molecule is CC1(C)NCCN(CC(=O)NO)C1=O. The number of hydroxylamine groups is 1. The van der Waals surface area contributed by atoms with Gasteiger partial charge in [-0.3, -0.25) is 14.8 Å². The van der Waals surface area contributed by atoms with Gasteiger partial charge in [-0.05, 0) is 13.8 Å². The molecule has 2 amide bonds. The molecule has 1 fully saturated rings. The molecule has 0 saturated carbocycles. The summed E-state index contributed by atoms with van der Waals surface area (Å²) in [5, 5.41) is 11.4. The van der Waals surface area contributed by atoms with Crippen LogP contribution in [-0.4, -0.2) is 47.1 Å². The Labute approximate surface area is 82.2 Å². The summed E-state index contributed by atoms with van der Waals surface area (Å²) in [5.74, 6) is -0.705. The highest BCUT2D eigenvalue weighted by molar-refractivity contribution is 5.90. The number of carbonyl (C=O) groups is 2. The molecule has 3 N–H and O–H groups in total. The van der Waals surface area contributed by atoms with E-state index in [1.165, 1.54) is 10.4 Å². The molecule has 6 heteroatoms. The van der Waals surface area contributed by atoms with Crippen molar-refractivity contribution in [1.82, 2.24) is 15.7 Å². The molecule has 0 aromatic rings. The minimum atomic E-state index is -0.631. The van der Waals surface area contributed by atoms with E-state index in [-0.39, 0.29) is 12.5 Å². The summed E-state index contributed by atoms with van der Waals surface area (Å²) in [7, 11) is 0. The van der Waals surface area contributed by atoms with Crippen LogP contribution in [0.25, 0.3) is 0 Å². The largest absolute Gasteiger partial charge is 0.330 e. The van der Waals surface area contributed by atoms with Crippen molar-refractivity contribution in [3.05, 3.63) is 0 Å². The normalized spacial score (nSPS) is 20.8.